The summed E-state index contributed by atoms with van der Waals surface area (Å²) in [6.07, 6.45) is 4.49. The van der Waals surface area contributed by atoms with Crippen LogP contribution in [0.2, 0.25) is 0 Å². The Balaban J connectivity index is 1.30. The first-order valence-corrected chi connectivity index (χ1v) is 11.9. The molecule has 0 aromatic heterocycles. The van der Waals surface area contributed by atoms with E-state index in [0.29, 0.717) is 6.54 Å². The second-order valence-corrected chi connectivity index (χ2v) is 9.33. The molecule has 1 spiro atoms. The molecule has 2 aliphatic heterocycles. The Morgan fingerprint density at radius 1 is 0.844 bits per heavy atom. The number of carbonyl (C=O) groups is 2. The SMILES string of the molecule is O=C(CN1CCCN(Cc2ccccc2)CC1)N1c2ccccc2NC(=O)C12CCCC2. The fourth-order valence-corrected chi connectivity index (χ4v) is 5.57. The maximum Gasteiger partial charge on any atom is 0.250 e. The number of nitrogens with one attached hydrogen (secondary N) is 1. The largest absolute Gasteiger partial charge is 0.322 e. The second kappa shape index (κ2) is 9.04. The van der Waals surface area contributed by atoms with Crippen LogP contribution >= 0.6 is 0 Å². The van der Waals surface area contributed by atoms with Crippen LogP contribution < -0.4 is 10.2 Å². The van der Waals surface area contributed by atoms with Crippen LogP contribution in [0.1, 0.15) is 37.7 Å². The minimum Gasteiger partial charge on any atom is -0.322 e. The highest BCUT2D eigenvalue weighted by Crippen LogP contribution is 2.45. The van der Waals surface area contributed by atoms with Gasteiger partial charge in [0, 0.05) is 19.6 Å². The average Bonchev–Trinajstić information content (AvgIpc) is 3.18. The first-order chi connectivity index (χ1) is 15.7. The molecule has 2 aromatic carbocycles. The minimum atomic E-state index is -0.726. The van der Waals surface area contributed by atoms with Crippen molar-refractivity contribution >= 4 is 23.2 Å². The number of rotatable bonds is 4. The van der Waals surface area contributed by atoms with E-state index >= 15 is 0 Å². The van der Waals surface area contributed by atoms with Crippen LogP contribution in [-0.4, -0.2) is 59.9 Å². The molecule has 2 amide bonds. The van der Waals surface area contributed by atoms with E-state index in [1.165, 1.54) is 5.56 Å². The Bertz CT molecular complexity index is 971. The average molecular weight is 433 g/mol. The van der Waals surface area contributed by atoms with Gasteiger partial charge in [-0.25, -0.2) is 0 Å². The predicted octanol–water partition coefficient (Wildman–Crippen LogP) is 3.49. The molecule has 2 fully saturated rings. The van der Waals surface area contributed by atoms with Gasteiger partial charge in [0.15, 0.2) is 0 Å². The molecule has 32 heavy (non-hydrogen) atoms. The maximum absolute atomic E-state index is 13.7. The fraction of sp³-hybridized carbons (Fsp3) is 0.462. The molecule has 2 aromatic rings. The van der Waals surface area contributed by atoms with Gasteiger partial charge in [0.1, 0.15) is 5.54 Å². The van der Waals surface area contributed by atoms with E-state index in [9.17, 15) is 9.59 Å². The Kier molecular flexibility index (Phi) is 5.98. The third-order valence-corrected chi connectivity index (χ3v) is 7.21. The Morgan fingerprint density at radius 2 is 1.53 bits per heavy atom. The summed E-state index contributed by atoms with van der Waals surface area (Å²) < 4.78 is 0. The lowest BCUT2D eigenvalue weighted by atomic mass is 9.89. The molecule has 1 saturated heterocycles. The molecule has 0 bridgehead atoms. The number of hydrogen-bond donors (Lipinski definition) is 1. The van der Waals surface area contributed by atoms with Crippen molar-refractivity contribution in [2.45, 2.75) is 44.2 Å². The van der Waals surface area contributed by atoms with Gasteiger partial charge in [-0.1, -0.05) is 55.3 Å². The van der Waals surface area contributed by atoms with Gasteiger partial charge < -0.3 is 5.32 Å². The predicted molar refractivity (Wildman–Crippen MR) is 127 cm³/mol. The summed E-state index contributed by atoms with van der Waals surface area (Å²) in [7, 11) is 0. The van der Waals surface area contributed by atoms with Crippen LogP contribution in [0.25, 0.3) is 0 Å². The summed E-state index contributed by atoms with van der Waals surface area (Å²) in [5.74, 6) is 0.0256. The molecule has 0 radical (unpaired) electrons. The molecular weight excluding hydrogens is 400 g/mol. The molecule has 0 atom stereocenters. The van der Waals surface area contributed by atoms with Gasteiger partial charge in [-0.05, 0) is 50.0 Å². The van der Waals surface area contributed by atoms with Crippen LogP contribution in [0.15, 0.2) is 54.6 Å². The van der Waals surface area contributed by atoms with Crippen molar-refractivity contribution in [1.29, 1.82) is 0 Å². The lowest BCUT2D eigenvalue weighted by molar-refractivity contribution is -0.128. The first-order valence-electron chi connectivity index (χ1n) is 11.9. The van der Waals surface area contributed by atoms with Gasteiger partial charge in [0.05, 0.1) is 17.9 Å². The zero-order valence-corrected chi connectivity index (χ0v) is 18.6. The normalized spacial score (nSPS) is 21.2. The maximum atomic E-state index is 13.7. The van der Waals surface area contributed by atoms with E-state index in [4.69, 9.17) is 0 Å². The highest BCUT2D eigenvalue weighted by molar-refractivity contribution is 6.15. The lowest BCUT2D eigenvalue weighted by Crippen LogP contribution is -2.62. The Morgan fingerprint density at radius 3 is 2.34 bits per heavy atom. The van der Waals surface area contributed by atoms with Crippen molar-refractivity contribution in [3.63, 3.8) is 0 Å². The van der Waals surface area contributed by atoms with Crippen molar-refractivity contribution in [2.75, 3.05) is 42.9 Å². The fourth-order valence-electron chi connectivity index (χ4n) is 5.57. The van der Waals surface area contributed by atoms with Crippen molar-refractivity contribution in [3.05, 3.63) is 60.2 Å². The molecular formula is C26H32N4O2. The van der Waals surface area contributed by atoms with E-state index in [1.807, 2.05) is 29.2 Å². The van der Waals surface area contributed by atoms with Crippen LogP contribution in [-0.2, 0) is 16.1 Å². The first kappa shape index (κ1) is 21.2. The number of carbonyl (C=O) groups excluding carboxylic acids is 2. The molecule has 5 rings (SSSR count). The van der Waals surface area contributed by atoms with Crippen LogP contribution in [0.3, 0.4) is 0 Å². The second-order valence-electron chi connectivity index (χ2n) is 9.33. The van der Waals surface area contributed by atoms with Gasteiger partial charge >= 0.3 is 0 Å². The monoisotopic (exact) mass is 432 g/mol. The van der Waals surface area contributed by atoms with Crippen molar-refractivity contribution < 1.29 is 9.59 Å². The third-order valence-electron chi connectivity index (χ3n) is 7.21. The van der Waals surface area contributed by atoms with Gasteiger partial charge in [-0.15, -0.1) is 0 Å². The minimum absolute atomic E-state index is 0.0213. The summed E-state index contributed by atoms with van der Waals surface area (Å²) >= 11 is 0. The van der Waals surface area contributed by atoms with Crippen LogP contribution in [0.4, 0.5) is 11.4 Å². The molecule has 1 aliphatic carbocycles. The molecule has 1 N–H and O–H groups in total. The third kappa shape index (κ3) is 4.05. The highest BCUT2D eigenvalue weighted by Gasteiger charge is 2.52. The summed E-state index contributed by atoms with van der Waals surface area (Å²) in [6.45, 7) is 5.08. The van der Waals surface area contributed by atoms with Crippen molar-refractivity contribution in [3.8, 4) is 0 Å². The van der Waals surface area contributed by atoms with Crippen molar-refractivity contribution in [1.82, 2.24) is 9.80 Å². The summed E-state index contributed by atoms with van der Waals surface area (Å²) in [6, 6.07) is 18.3. The van der Waals surface area contributed by atoms with E-state index in [1.54, 1.807) is 0 Å². The Hall–Kier alpha value is -2.70. The number of amides is 2. The summed E-state index contributed by atoms with van der Waals surface area (Å²) in [4.78, 5) is 33.4. The number of hydrogen-bond acceptors (Lipinski definition) is 4. The number of fused-ring (bicyclic) bond motifs is 1. The van der Waals surface area contributed by atoms with Gasteiger partial charge in [0.2, 0.25) is 5.91 Å². The number of para-hydroxylation sites is 2. The molecule has 3 aliphatic rings. The Labute approximate surface area is 190 Å². The van der Waals surface area contributed by atoms with Crippen LogP contribution in [0, 0.1) is 0 Å². The summed E-state index contributed by atoms with van der Waals surface area (Å²) in [5.41, 5.74) is 2.19. The molecule has 2 heterocycles. The van der Waals surface area contributed by atoms with Gasteiger partial charge in [-0.2, -0.15) is 0 Å². The standard InChI is InChI=1S/C26H32N4O2/c31-24(20-29-16-8-15-28(17-18-29)19-21-9-2-1-3-10-21)30-23-12-5-4-11-22(23)27-25(32)26(30)13-6-7-14-26/h1-5,9-12H,6-8,13-20H2,(H,27,32). The van der Waals surface area contributed by atoms with E-state index in [2.05, 4.69) is 45.4 Å². The zero-order valence-electron chi connectivity index (χ0n) is 18.6. The number of anilines is 2. The van der Waals surface area contributed by atoms with Crippen LogP contribution in [0.5, 0.6) is 0 Å². The van der Waals surface area contributed by atoms with Crippen molar-refractivity contribution in [2.24, 2.45) is 0 Å². The van der Waals surface area contributed by atoms with Gasteiger partial charge in [0.25, 0.3) is 5.91 Å². The molecule has 0 unspecified atom stereocenters. The molecule has 168 valence electrons. The topological polar surface area (TPSA) is 55.9 Å². The quantitative estimate of drug-likeness (QED) is 0.804. The smallest absolute Gasteiger partial charge is 0.250 e. The van der Waals surface area contributed by atoms with E-state index in [-0.39, 0.29) is 11.8 Å². The highest BCUT2D eigenvalue weighted by atomic mass is 16.2. The van der Waals surface area contributed by atoms with Gasteiger partial charge in [-0.3, -0.25) is 24.3 Å². The van der Waals surface area contributed by atoms with E-state index in [0.717, 1.165) is 76.2 Å². The molecule has 6 nitrogen and oxygen atoms in total. The lowest BCUT2D eigenvalue weighted by Gasteiger charge is -2.45. The zero-order chi connectivity index (χ0) is 22.0. The molecule has 6 heteroatoms. The number of nitrogens with zero attached hydrogens (tertiary/aromatic N) is 3. The summed E-state index contributed by atoms with van der Waals surface area (Å²) in [5, 5.41) is 3.07. The molecule has 1 saturated carbocycles. The van der Waals surface area contributed by atoms with E-state index < -0.39 is 5.54 Å². The number of benzene rings is 2.